The van der Waals surface area contributed by atoms with E-state index in [4.69, 9.17) is 5.73 Å². The van der Waals surface area contributed by atoms with Gasteiger partial charge in [0.15, 0.2) is 5.78 Å². The van der Waals surface area contributed by atoms with E-state index in [9.17, 15) is 9.18 Å². The second kappa shape index (κ2) is 7.40. The van der Waals surface area contributed by atoms with Gasteiger partial charge >= 0.3 is 0 Å². The number of hydrogen-bond donors (Lipinski definition) is 2. The molecule has 0 saturated heterocycles. The van der Waals surface area contributed by atoms with Crippen molar-refractivity contribution >= 4 is 29.1 Å². The number of ketones is 1. The minimum atomic E-state index is -0.305. The zero-order chi connectivity index (χ0) is 17.6. The minimum absolute atomic E-state index is 0.128. The van der Waals surface area contributed by atoms with Crippen LogP contribution in [0.3, 0.4) is 0 Å². The molecule has 5 heteroatoms. The average molecular weight is 333 g/mol. The summed E-state index contributed by atoms with van der Waals surface area (Å²) >= 11 is 0. The third-order valence-electron chi connectivity index (χ3n) is 3.56. The van der Waals surface area contributed by atoms with Gasteiger partial charge in [0.2, 0.25) is 0 Å². The number of pyridine rings is 1. The molecule has 0 radical (unpaired) electrons. The Morgan fingerprint density at radius 3 is 2.48 bits per heavy atom. The summed E-state index contributed by atoms with van der Waals surface area (Å²) in [5.41, 5.74) is 8.25. The van der Waals surface area contributed by atoms with E-state index in [-0.39, 0.29) is 11.6 Å². The van der Waals surface area contributed by atoms with Gasteiger partial charge in [-0.25, -0.2) is 9.37 Å². The van der Waals surface area contributed by atoms with Crippen molar-refractivity contribution in [2.45, 2.75) is 0 Å². The molecule has 0 aliphatic carbocycles. The van der Waals surface area contributed by atoms with Crippen LogP contribution in [0.15, 0.2) is 72.9 Å². The molecule has 0 saturated carbocycles. The van der Waals surface area contributed by atoms with Gasteiger partial charge in [-0.15, -0.1) is 0 Å². The van der Waals surface area contributed by atoms with Gasteiger partial charge in [0, 0.05) is 28.7 Å². The van der Waals surface area contributed by atoms with Gasteiger partial charge in [0.25, 0.3) is 0 Å². The summed E-state index contributed by atoms with van der Waals surface area (Å²) in [7, 11) is 0. The van der Waals surface area contributed by atoms with E-state index in [0.29, 0.717) is 22.8 Å². The largest absolute Gasteiger partial charge is 0.399 e. The molecular weight excluding hydrogens is 317 g/mol. The highest BCUT2D eigenvalue weighted by atomic mass is 19.1. The molecular formula is C20H16FN3O. The van der Waals surface area contributed by atoms with Crippen LogP contribution in [-0.2, 0) is 0 Å². The maximum absolute atomic E-state index is 13.0. The fourth-order valence-electron chi connectivity index (χ4n) is 2.24. The summed E-state index contributed by atoms with van der Waals surface area (Å²) in [4.78, 5) is 16.5. The van der Waals surface area contributed by atoms with Crippen molar-refractivity contribution in [3.05, 3.63) is 89.9 Å². The standard InChI is InChI=1S/C20H16FN3O/c21-16-6-10-18(11-7-16)24-20-15(2-1-13-23-20)5-12-19(25)14-3-8-17(22)9-4-14/h1-13H,22H2,(H,23,24). The molecule has 1 heterocycles. The third kappa shape index (κ3) is 4.29. The number of rotatable bonds is 5. The molecule has 0 aliphatic heterocycles. The van der Waals surface area contributed by atoms with Crippen LogP contribution in [0.5, 0.6) is 0 Å². The van der Waals surface area contributed by atoms with E-state index in [0.717, 1.165) is 5.56 Å². The summed E-state index contributed by atoms with van der Waals surface area (Å²) in [5.74, 6) is 0.146. The fourth-order valence-corrected chi connectivity index (χ4v) is 2.24. The van der Waals surface area contributed by atoms with Gasteiger partial charge in [0.05, 0.1) is 0 Å². The van der Waals surface area contributed by atoms with Crippen molar-refractivity contribution in [2.24, 2.45) is 0 Å². The van der Waals surface area contributed by atoms with E-state index in [1.807, 2.05) is 6.07 Å². The molecule has 0 atom stereocenters. The lowest BCUT2D eigenvalue weighted by Gasteiger charge is -2.08. The molecule has 25 heavy (non-hydrogen) atoms. The highest BCUT2D eigenvalue weighted by Crippen LogP contribution is 2.20. The lowest BCUT2D eigenvalue weighted by molar-refractivity contribution is 0.104. The van der Waals surface area contributed by atoms with Crippen molar-refractivity contribution in [2.75, 3.05) is 11.1 Å². The SMILES string of the molecule is Nc1ccc(C(=O)C=Cc2cccnc2Nc2ccc(F)cc2)cc1. The Morgan fingerprint density at radius 2 is 1.76 bits per heavy atom. The van der Waals surface area contributed by atoms with Crippen LogP contribution in [0.1, 0.15) is 15.9 Å². The van der Waals surface area contributed by atoms with E-state index in [2.05, 4.69) is 10.3 Å². The number of carbonyl (C=O) groups is 1. The molecule has 0 amide bonds. The van der Waals surface area contributed by atoms with E-state index < -0.39 is 0 Å². The van der Waals surface area contributed by atoms with E-state index in [1.165, 1.54) is 18.2 Å². The van der Waals surface area contributed by atoms with Crippen LogP contribution >= 0.6 is 0 Å². The summed E-state index contributed by atoms with van der Waals surface area (Å²) in [6, 6.07) is 16.3. The molecule has 0 bridgehead atoms. The number of halogens is 1. The first-order valence-electron chi connectivity index (χ1n) is 7.67. The molecule has 3 N–H and O–H groups in total. The van der Waals surface area contributed by atoms with Gasteiger partial charge in [-0.3, -0.25) is 4.79 Å². The minimum Gasteiger partial charge on any atom is -0.399 e. The quantitative estimate of drug-likeness (QED) is 0.411. The van der Waals surface area contributed by atoms with Crippen molar-refractivity contribution < 1.29 is 9.18 Å². The first-order chi connectivity index (χ1) is 12.1. The summed E-state index contributed by atoms with van der Waals surface area (Å²) in [6.07, 6.45) is 4.82. The first kappa shape index (κ1) is 16.4. The summed E-state index contributed by atoms with van der Waals surface area (Å²) in [5, 5.41) is 3.11. The number of aromatic nitrogens is 1. The third-order valence-corrected chi connectivity index (χ3v) is 3.56. The van der Waals surface area contributed by atoms with Crippen molar-refractivity contribution in [1.82, 2.24) is 4.98 Å². The summed E-state index contributed by atoms with van der Waals surface area (Å²) in [6.45, 7) is 0. The normalized spacial score (nSPS) is 10.8. The van der Waals surface area contributed by atoms with E-state index >= 15 is 0 Å². The van der Waals surface area contributed by atoms with Crippen LogP contribution < -0.4 is 11.1 Å². The maximum Gasteiger partial charge on any atom is 0.185 e. The summed E-state index contributed by atoms with van der Waals surface area (Å²) < 4.78 is 13.0. The predicted molar refractivity (Wildman–Crippen MR) is 98.1 cm³/mol. The Bertz CT molecular complexity index is 903. The average Bonchev–Trinajstić information content (AvgIpc) is 2.63. The smallest absolute Gasteiger partial charge is 0.185 e. The van der Waals surface area contributed by atoms with Crippen molar-refractivity contribution in [1.29, 1.82) is 0 Å². The van der Waals surface area contributed by atoms with Crippen molar-refractivity contribution in [3.8, 4) is 0 Å². The van der Waals surface area contributed by atoms with E-state index in [1.54, 1.807) is 54.7 Å². The van der Waals surface area contributed by atoms with Gasteiger partial charge in [0.1, 0.15) is 11.6 Å². The number of allylic oxidation sites excluding steroid dienone is 1. The number of benzene rings is 2. The predicted octanol–water partition coefficient (Wildman–Crippen LogP) is 4.44. The Hall–Kier alpha value is -3.47. The second-order valence-electron chi connectivity index (χ2n) is 5.39. The number of hydrogen-bond acceptors (Lipinski definition) is 4. The van der Waals surface area contributed by atoms with Crippen LogP contribution in [-0.4, -0.2) is 10.8 Å². The van der Waals surface area contributed by atoms with Crippen molar-refractivity contribution in [3.63, 3.8) is 0 Å². The molecule has 124 valence electrons. The lowest BCUT2D eigenvalue weighted by Crippen LogP contribution is -1.97. The molecule has 3 rings (SSSR count). The van der Waals surface area contributed by atoms with Crippen LogP contribution in [0.2, 0.25) is 0 Å². The number of nitrogens with two attached hydrogens (primary N) is 1. The fraction of sp³-hybridized carbons (Fsp3) is 0. The molecule has 2 aromatic carbocycles. The highest BCUT2D eigenvalue weighted by molar-refractivity contribution is 6.07. The number of nitrogen functional groups attached to an aromatic ring is 1. The molecule has 0 aliphatic rings. The monoisotopic (exact) mass is 333 g/mol. The van der Waals surface area contributed by atoms with Gasteiger partial charge in [-0.05, 0) is 72.8 Å². The van der Waals surface area contributed by atoms with Crippen LogP contribution in [0.4, 0.5) is 21.6 Å². The topological polar surface area (TPSA) is 68.0 Å². The maximum atomic E-state index is 13.0. The molecule has 4 nitrogen and oxygen atoms in total. The molecule has 0 spiro atoms. The van der Waals surface area contributed by atoms with Crippen LogP contribution in [0.25, 0.3) is 6.08 Å². The number of nitrogens with one attached hydrogen (secondary N) is 1. The number of nitrogens with zero attached hydrogens (tertiary/aromatic N) is 1. The number of anilines is 3. The zero-order valence-electron chi connectivity index (χ0n) is 13.3. The molecule has 1 aromatic heterocycles. The second-order valence-corrected chi connectivity index (χ2v) is 5.39. The molecule has 0 fully saturated rings. The Balaban J connectivity index is 1.79. The Morgan fingerprint density at radius 1 is 1.04 bits per heavy atom. The Kier molecular flexibility index (Phi) is 4.85. The molecule has 3 aromatic rings. The van der Waals surface area contributed by atoms with Crippen LogP contribution in [0, 0.1) is 5.82 Å². The van der Waals surface area contributed by atoms with Gasteiger partial charge in [-0.1, -0.05) is 0 Å². The van der Waals surface area contributed by atoms with Gasteiger partial charge in [-0.2, -0.15) is 0 Å². The number of carbonyl (C=O) groups excluding carboxylic acids is 1. The highest BCUT2D eigenvalue weighted by Gasteiger charge is 2.04. The Labute approximate surface area is 144 Å². The molecule has 0 unspecified atom stereocenters. The zero-order valence-corrected chi connectivity index (χ0v) is 13.3. The van der Waals surface area contributed by atoms with Gasteiger partial charge < -0.3 is 11.1 Å². The lowest BCUT2D eigenvalue weighted by atomic mass is 10.1. The first-order valence-corrected chi connectivity index (χ1v) is 7.67.